The second kappa shape index (κ2) is 9.16. The van der Waals surface area contributed by atoms with Gasteiger partial charge in [-0.2, -0.15) is 0 Å². The fourth-order valence-electron chi connectivity index (χ4n) is 0. The molecule has 0 radical (unpaired) electrons. The largest absolute Gasteiger partial charge is 0.324 e. The number of ketones is 1. The van der Waals surface area contributed by atoms with Crippen LogP contribution < -0.4 is 5.73 Å². The Hall–Kier alpha value is -0.370. The minimum Gasteiger partial charge on any atom is -0.324 e. The molecule has 46 valence electrons. The van der Waals surface area contributed by atoms with Gasteiger partial charge in [0.1, 0.15) is 5.78 Å². The van der Waals surface area contributed by atoms with Crippen LogP contribution in [-0.4, -0.2) is 12.3 Å². The predicted molar refractivity (Wildman–Crippen MR) is 33.2 cm³/mol. The third-order valence-electron chi connectivity index (χ3n) is 0.287. The van der Waals surface area contributed by atoms with Crippen LogP contribution in [0.2, 0.25) is 0 Å². The lowest BCUT2D eigenvalue weighted by atomic mass is 10.5. The molecule has 0 fully saturated rings. The Labute approximate surface area is 46.2 Å². The van der Waals surface area contributed by atoms with Crippen LogP contribution in [-0.2, 0) is 4.79 Å². The average Bonchev–Trinajstić information content (AvgIpc) is 1.73. The van der Waals surface area contributed by atoms with Gasteiger partial charge in [0.05, 0.1) is 6.54 Å². The van der Waals surface area contributed by atoms with Gasteiger partial charge in [-0.05, 0) is 6.92 Å². The summed E-state index contributed by atoms with van der Waals surface area (Å²) in [5.41, 5.74) is 4.82. The lowest BCUT2D eigenvalue weighted by Gasteiger charge is -1.73. The summed E-state index contributed by atoms with van der Waals surface area (Å²) >= 11 is 0. The van der Waals surface area contributed by atoms with Crippen molar-refractivity contribution in [1.82, 2.24) is 0 Å². The maximum absolute atomic E-state index is 9.69. The molecule has 2 nitrogen and oxygen atoms in total. The van der Waals surface area contributed by atoms with Gasteiger partial charge in [-0.1, -0.05) is 13.8 Å². The molecule has 0 spiro atoms. The Bertz CT molecular complexity index is 47.7. The summed E-state index contributed by atoms with van der Waals surface area (Å²) < 4.78 is 0. The van der Waals surface area contributed by atoms with Crippen LogP contribution in [0.25, 0.3) is 0 Å². The van der Waals surface area contributed by atoms with Gasteiger partial charge in [-0.25, -0.2) is 0 Å². The molecule has 0 bridgehead atoms. The van der Waals surface area contributed by atoms with Crippen LogP contribution in [0.5, 0.6) is 0 Å². The molecule has 0 aromatic rings. The van der Waals surface area contributed by atoms with Crippen LogP contribution in [0.3, 0.4) is 0 Å². The molecule has 0 aliphatic heterocycles. The molecule has 2 N–H and O–H groups in total. The zero-order chi connectivity index (χ0) is 6.28. The summed E-state index contributed by atoms with van der Waals surface area (Å²) in [7, 11) is 0. The molecule has 0 saturated carbocycles. The second-order valence-corrected chi connectivity index (χ2v) is 0.906. The van der Waals surface area contributed by atoms with Crippen LogP contribution in [0.4, 0.5) is 0 Å². The third-order valence-corrected chi connectivity index (χ3v) is 0.287. The highest BCUT2D eigenvalue weighted by Gasteiger charge is 1.76. The van der Waals surface area contributed by atoms with Gasteiger partial charge in [0, 0.05) is 1.43 Å². The highest BCUT2D eigenvalue weighted by atomic mass is 16.1. The van der Waals surface area contributed by atoms with Gasteiger partial charge in [-0.15, -0.1) is 0 Å². The van der Waals surface area contributed by atoms with Crippen LogP contribution in [0.15, 0.2) is 0 Å². The SMILES string of the molecule is CC.CC(=O)CN.[HH]. The van der Waals surface area contributed by atoms with Crippen LogP contribution >= 0.6 is 0 Å². The molecule has 0 unspecified atom stereocenters. The topological polar surface area (TPSA) is 43.1 Å². The molecule has 0 aliphatic carbocycles. The molecule has 0 saturated heterocycles. The molecule has 0 aliphatic rings. The first-order chi connectivity index (χ1) is 3.27. The number of carbonyl (C=O) groups excluding carboxylic acids is 1. The zero-order valence-corrected chi connectivity index (χ0v) is 5.19. The van der Waals surface area contributed by atoms with E-state index in [1.54, 1.807) is 0 Å². The van der Waals surface area contributed by atoms with Crippen LogP contribution in [0.1, 0.15) is 22.2 Å². The fourth-order valence-corrected chi connectivity index (χ4v) is 0. The van der Waals surface area contributed by atoms with Crippen molar-refractivity contribution < 1.29 is 6.22 Å². The smallest absolute Gasteiger partial charge is 0.143 e. The van der Waals surface area contributed by atoms with E-state index in [1.165, 1.54) is 6.92 Å². The molecular formula is C5H15NO. The van der Waals surface area contributed by atoms with Crippen molar-refractivity contribution >= 4 is 5.78 Å². The Morgan fingerprint density at radius 3 is 1.86 bits per heavy atom. The first-order valence-corrected chi connectivity index (χ1v) is 2.47. The minimum absolute atomic E-state index is 0. The first-order valence-electron chi connectivity index (χ1n) is 2.47. The summed E-state index contributed by atoms with van der Waals surface area (Å²) in [6.45, 7) is 5.62. The lowest BCUT2D eigenvalue weighted by molar-refractivity contribution is -0.115. The molecule has 0 amide bonds. The van der Waals surface area contributed by atoms with Gasteiger partial charge in [0.25, 0.3) is 0 Å². The van der Waals surface area contributed by atoms with E-state index in [2.05, 4.69) is 0 Å². The number of carbonyl (C=O) groups is 1. The van der Waals surface area contributed by atoms with E-state index in [1.807, 2.05) is 13.8 Å². The van der Waals surface area contributed by atoms with E-state index in [9.17, 15) is 4.79 Å². The Kier molecular flexibility index (Phi) is 12.8. The van der Waals surface area contributed by atoms with E-state index in [0.717, 1.165) is 0 Å². The second-order valence-electron chi connectivity index (χ2n) is 0.906. The molecule has 0 aromatic heterocycles. The highest BCUT2D eigenvalue weighted by molar-refractivity contribution is 5.77. The summed E-state index contributed by atoms with van der Waals surface area (Å²) in [5, 5.41) is 0. The van der Waals surface area contributed by atoms with Crippen molar-refractivity contribution in [3.8, 4) is 0 Å². The number of hydrogen-bond acceptors (Lipinski definition) is 2. The molecular weight excluding hydrogens is 90.1 g/mol. The quantitative estimate of drug-likeness (QED) is 0.536. The summed E-state index contributed by atoms with van der Waals surface area (Å²) in [6.07, 6.45) is 0. The Balaban J connectivity index is -0.0000000750. The van der Waals surface area contributed by atoms with E-state index in [4.69, 9.17) is 5.73 Å². The molecule has 2 heteroatoms. The van der Waals surface area contributed by atoms with E-state index >= 15 is 0 Å². The standard InChI is InChI=1S/C3H7NO.C2H6.H2/c1-3(5)2-4;1-2;/h2,4H2,1H3;1-2H3;1H. The molecule has 7 heavy (non-hydrogen) atoms. The van der Waals surface area contributed by atoms with E-state index in [-0.39, 0.29) is 13.8 Å². The van der Waals surface area contributed by atoms with Gasteiger partial charge < -0.3 is 5.73 Å². The number of nitrogens with two attached hydrogens (primary N) is 1. The Morgan fingerprint density at radius 2 is 1.86 bits per heavy atom. The number of hydrogen-bond donors (Lipinski definition) is 1. The van der Waals surface area contributed by atoms with Crippen molar-refractivity contribution in [1.29, 1.82) is 0 Å². The third kappa shape index (κ3) is 27.9. The number of Topliss-reactive ketones (excluding diaryl/α,β-unsaturated/α-hetero) is 1. The monoisotopic (exact) mass is 105 g/mol. The Morgan fingerprint density at radius 1 is 1.71 bits per heavy atom. The molecule has 0 atom stereocenters. The maximum atomic E-state index is 9.69. The van der Waals surface area contributed by atoms with Gasteiger partial charge in [-0.3, -0.25) is 4.79 Å². The zero-order valence-electron chi connectivity index (χ0n) is 5.19. The van der Waals surface area contributed by atoms with E-state index in [0.29, 0.717) is 0 Å². The van der Waals surface area contributed by atoms with Crippen molar-refractivity contribution in [2.45, 2.75) is 20.8 Å². The summed E-state index contributed by atoms with van der Waals surface area (Å²) in [4.78, 5) is 9.69. The summed E-state index contributed by atoms with van der Waals surface area (Å²) in [6, 6.07) is 0. The highest BCUT2D eigenvalue weighted by Crippen LogP contribution is 1.51. The van der Waals surface area contributed by atoms with Gasteiger partial charge >= 0.3 is 0 Å². The number of rotatable bonds is 1. The van der Waals surface area contributed by atoms with E-state index < -0.39 is 0 Å². The average molecular weight is 105 g/mol. The van der Waals surface area contributed by atoms with Crippen molar-refractivity contribution in [2.24, 2.45) is 5.73 Å². The lowest BCUT2D eigenvalue weighted by Crippen LogP contribution is -2.07. The van der Waals surface area contributed by atoms with Crippen molar-refractivity contribution in [3.05, 3.63) is 0 Å². The first kappa shape index (κ1) is 9.80. The van der Waals surface area contributed by atoms with Crippen molar-refractivity contribution in [2.75, 3.05) is 6.54 Å². The normalized spacial score (nSPS) is 6.29. The fraction of sp³-hybridized carbons (Fsp3) is 0.800. The molecule has 0 heterocycles. The minimum atomic E-state index is 0. The van der Waals surface area contributed by atoms with Crippen molar-refractivity contribution in [3.63, 3.8) is 0 Å². The van der Waals surface area contributed by atoms with Crippen LogP contribution in [0, 0.1) is 0 Å². The summed E-state index contributed by atoms with van der Waals surface area (Å²) in [5.74, 6) is 0.0324. The maximum Gasteiger partial charge on any atom is 0.143 e. The van der Waals surface area contributed by atoms with Gasteiger partial charge in [0.15, 0.2) is 0 Å². The predicted octanol–water partition coefficient (Wildman–Crippen LogP) is 0.806. The molecule has 0 rings (SSSR count). The molecule has 0 aromatic carbocycles. The van der Waals surface area contributed by atoms with Gasteiger partial charge in [0.2, 0.25) is 0 Å².